The Balaban J connectivity index is 1.70. The number of thiazole rings is 1. The standard InChI is InChI=1S/C14H25N3S/c1-3-5-14(6-8-16-11-14)10-15-7-4-13-9-18-12(2)17-13/h9,15-16H,3-8,10-11H2,1-2H3. The summed E-state index contributed by atoms with van der Waals surface area (Å²) in [5, 5.41) is 10.5. The van der Waals surface area contributed by atoms with Gasteiger partial charge in [0.1, 0.15) is 0 Å². The fraction of sp³-hybridized carbons (Fsp3) is 0.786. The highest BCUT2D eigenvalue weighted by Gasteiger charge is 2.32. The van der Waals surface area contributed by atoms with E-state index in [9.17, 15) is 0 Å². The van der Waals surface area contributed by atoms with Crippen LogP contribution in [0.2, 0.25) is 0 Å². The molecule has 4 heteroatoms. The Morgan fingerprint density at radius 3 is 3.06 bits per heavy atom. The molecule has 1 unspecified atom stereocenters. The number of nitrogens with one attached hydrogen (secondary N) is 2. The third kappa shape index (κ3) is 3.77. The van der Waals surface area contributed by atoms with Crippen LogP contribution in [-0.2, 0) is 6.42 Å². The van der Waals surface area contributed by atoms with Crippen LogP contribution < -0.4 is 10.6 Å². The molecule has 1 saturated heterocycles. The Morgan fingerprint density at radius 2 is 2.44 bits per heavy atom. The summed E-state index contributed by atoms with van der Waals surface area (Å²) in [5.74, 6) is 0. The van der Waals surface area contributed by atoms with Crippen LogP contribution in [-0.4, -0.2) is 31.2 Å². The van der Waals surface area contributed by atoms with Gasteiger partial charge in [-0.15, -0.1) is 11.3 Å². The molecule has 1 atom stereocenters. The quantitative estimate of drug-likeness (QED) is 0.745. The predicted octanol–water partition coefficient (Wildman–Crippen LogP) is 2.36. The molecule has 0 amide bonds. The first-order chi connectivity index (χ1) is 8.74. The fourth-order valence-corrected chi connectivity index (χ4v) is 3.52. The Hall–Kier alpha value is -0.450. The molecular weight excluding hydrogens is 242 g/mol. The molecule has 3 nitrogen and oxygen atoms in total. The van der Waals surface area contributed by atoms with Crippen molar-refractivity contribution in [3.8, 4) is 0 Å². The summed E-state index contributed by atoms with van der Waals surface area (Å²) < 4.78 is 0. The minimum Gasteiger partial charge on any atom is -0.316 e. The second-order valence-corrected chi connectivity index (χ2v) is 6.52. The van der Waals surface area contributed by atoms with Gasteiger partial charge in [0.15, 0.2) is 0 Å². The molecule has 2 N–H and O–H groups in total. The molecule has 2 heterocycles. The predicted molar refractivity (Wildman–Crippen MR) is 78.3 cm³/mol. The molecule has 0 radical (unpaired) electrons. The summed E-state index contributed by atoms with van der Waals surface area (Å²) in [5.41, 5.74) is 1.74. The molecule has 0 bridgehead atoms. The highest BCUT2D eigenvalue weighted by Crippen LogP contribution is 2.30. The average molecular weight is 267 g/mol. The number of aromatic nitrogens is 1. The van der Waals surface area contributed by atoms with E-state index >= 15 is 0 Å². The van der Waals surface area contributed by atoms with Gasteiger partial charge in [-0.1, -0.05) is 13.3 Å². The molecular formula is C14H25N3S. The molecule has 1 aromatic heterocycles. The number of aryl methyl sites for hydroxylation is 1. The van der Waals surface area contributed by atoms with Gasteiger partial charge in [-0.2, -0.15) is 0 Å². The van der Waals surface area contributed by atoms with Crippen molar-refractivity contribution in [1.82, 2.24) is 15.6 Å². The summed E-state index contributed by atoms with van der Waals surface area (Å²) in [7, 11) is 0. The molecule has 0 spiro atoms. The van der Waals surface area contributed by atoms with E-state index in [4.69, 9.17) is 0 Å². The number of hydrogen-bond acceptors (Lipinski definition) is 4. The molecule has 1 aliphatic rings. The Labute approximate surface area is 114 Å². The molecule has 18 heavy (non-hydrogen) atoms. The summed E-state index contributed by atoms with van der Waals surface area (Å²) in [6.45, 7) is 8.93. The molecule has 2 rings (SSSR count). The second-order valence-electron chi connectivity index (χ2n) is 5.46. The number of rotatable bonds is 7. The smallest absolute Gasteiger partial charge is 0.0897 e. The zero-order valence-electron chi connectivity index (χ0n) is 11.6. The van der Waals surface area contributed by atoms with Crippen molar-refractivity contribution >= 4 is 11.3 Å². The first-order valence-corrected chi connectivity index (χ1v) is 7.94. The lowest BCUT2D eigenvalue weighted by Gasteiger charge is -2.28. The van der Waals surface area contributed by atoms with E-state index in [1.807, 2.05) is 0 Å². The van der Waals surface area contributed by atoms with Crippen LogP contribution in [0.5, 0.6) is 0 Å². The van der Waals surface area contributed by atoms with Gasteiger partial charge in [0.25, 0.3) is 0 Å². The van der Waals surface area contributed by atoms with Crippen LogP contribution >= 0.6 is 11.3 Å². The van der Waals surface area contributed by atoms with Gasteiger partial charge in [0, 0.05) is 31.4 Å². The van der Waals surface area contributed by atoms with Crippen molar-refractivity contribution in [3.63, 3.8) is 0 Å². The Bertz CT molecular complexity index is 356. The highest BCUT2D eigenvalue weighted by atomic mass is 32.1. The molecule has 102 valence electrons. The molecule has 0 aromatic carbocycles. The highest BCUT2D eigenvalue weighted by molar-refractivity contribution is 7.09. The van der Waals surface area contributed by atoms with E-state index in [0.29, 0.717) is 5.41 Å². The first-order valence-electron chi connectivity index (χ1n) is 7.06. The summed E-state index contributed by atoms with van der Waals surface area (Å²) in [6, 6.07) is 0. The third-order valence-corrected chi connectivity index (χ3v) is 4.66. The molecule has 0 saturated carbocycles. The van der Waals surface area contributed by atoms with Gasteiger partial charge in [-0.3, -0.25) is 0 Å². The number of hydrogen-bond donors (Lipinski definition) is 2. The lowest BCUT2D eigenvalue weighted by Crippen LogP contribution is -2.37. The molecule has 0 aliphatic carbocycles. The molecule has 1 aromatic rings. The maximum absolute atomic E-state index is 4.50. The first kappa shape index (κ1) is 14.0. The van der Waals surface area contributed by atoms with E-state index in [1.165, 1.54) is 43.1 Å². The zero-order valence-corrected chi connectivity index (χ0v) is 12.4. The van der Waals surface area contributed by atoms with Gasteiger partial charge in [-0.05, 0) is 31.7 Å². The Morgan fingerprint density at radius 1 is 1.56 bits per heavy atom. The minimum absolute atomic E-state index is 0.507. The van der Waals surface area contributed by atoms with Crippen LogP contribution in [0.1, 0.15) is 36.9 Å². The van der Waals surface area contributed by atoms with Crippen molar-refractivity contribution in [2.45, 2.75) is 39.5 Å². The molecule has 1 aliphatic heterocycles. The van der Waals surface area contributed by atoms with Crippen LogP contribution in [0, 0.1) is 12.3 Å². The maximum Gasteiger partial charge on any atom is 0.0897 e. The normalized spacial score (nSPS) is 23.7. The van der Waals surface area contributed by atoms with Crippen LogP contribution in [0.15, 0.2) is 5.38 Å². The largest absolute Gasteiger partial charge is 0.316 e. The second kappa shape index (κ2) is 6.64. The SMILES string of the molecule is CCCC1(CNCCc2csc(C)n2)CCNC1. The summed E-state index contributed by atoms with van der Waals surface area (Å²) >= 11 is 1.75. The van der Waals surface area contributed by atoms with Gasteiger partial charge in [0.2, 0.25) is 0 Å². The minimum atomic E-state index is 0.507. The van der Waals surface area contributed by atoms with Crippen molar-refractivity contribution < 1.29 is 0 Å². The fourth-order valence-electron chi connectivity index (χ4n) is 2.87. The molecule has 1 fully saturated rings. The van der Waals surface area contributed by atoms with Gasteiger partial charge < -0.3 is 10.6 Å². The van der Waals surface area contributed by atoms with Crippen molar-refractivity contribution in [1.29, 1.82) is 0 Å². The van der Waals surface area contributed by atoms with Crippen LogP contribution in [0.4, 0.5) is 0 Å². The van der Waals surface area contributed by atoms with E-state index < -0.39 is 0 Å². The van der Waals surface area contributed by atoms with E-state index in [-0.39, 0.29) is 0 Å². The zero-order chi connectivity index (χ0) is 12.8. The Kier molecular flexibility index (Phi) is 5.15. The van der Waals surface area contributed by atoms with E-state index in [1.54, 1.807) is 11.3 Å². The van der Waals surface area contributed by atoms with Crippen molar-refractivity contribution in [2.24, 2.45) is 5.41 Å². The van der Waals surface area contributed by atoms with E-state index in [0.717, 1.165) is 19.5 Å². The topological polar surface area (TPSA) is 37.0 Å². The summed E-state index contributed by atoms with van der Waals surface area (Å²) in [4.78, 5) is 4.50. The van der Waals surface area contributed by atoms with Crippen LogP contribution in [0.3, 0.4) is 0 Å². The maximum atomic E-state index is 4.50. The monoisotopic (exact) mass is 267 g/mol. The van der Waals surface area contributed by atoms with Crippen LogP contribution in [0.25, 0.3) is 0 Å². The lowest BCUT2D eigenvalue weighted by molar-refractivity contribution is 0.277. The van der Waals surface area contributed by atoms with Gasteiger partial charge in [0.05, 0.1) is 10.7 Å². The van der Waals surface area contributed by atoms with Gasteiger partial charge in [-0.25, -0.2) is 4.98 Å². The van der Waals surface area contributed by atoms with Crippen molar-refractivity contribution in [2.75, 3.05) is 26.2 Å². The lowest BCUT2D eigenvalue weighted by atomic mass is 9.82. The van der Waals surface area contributed by atoms with E-state index in [2.05, 4.69) is 34.8 Å². The van der Waals surface area contributed by atoms with Gasteiger partial charge >= 0.3 is 0 Å². The average Bonchev–Trinajstić information content (AvgIpc) is 2.96. The van der Waals surface area contributed by atoms with Crippen molar-refractivity contribution in [3.05, 3.63) is 16.1 Å². The number of nitrogens with zero attached hydrogens (tertiary/aromatic N) is 1. The third-order valence-electron chi connectivity index (χ3n) is 3.84. The summed E-state index contributed by atoms with van der Waals surface area (Å²) in [6.07, 6.45) is 5.00.